The molecule has 0 spiro atoms. The molecular weight excluding hydrogens is 254 g/mol. The first-order valence-electron chi connectivity index (χ1n) is 6.92. The highest BCUT2D eigenvalue weighted by Crippen LogP contribution is 2.16. The molecule has 20 heavy (non-hydrogen) atoms. The molecule has 1 aromatic carbocycles. The molecule has 1 saturated heterocycles. The molecule has 1 heterocycles. The minimum absolute atomic E-state index is 0.432. The Labute approximate surface area is 119 Å². The number of aliphatic hydroxyl groups excluding tert-OH is 1. The van der Waals surface area contributed by atoms with Gasteiger partial charge in [0.1, 0.15) is 0 Å². The van der Waals surface area contributed by atoms with Crippen molar-refractivity contribution in [2.24, 2.45) is 0 Å². The number of rotatable bonds is 5. The molecule has 1 atom stereocenters. The van der Waals surface area contributed by atoms with Crippen LogP contribution < -0.4 is 5.32 Å². The van der Waals surface area contributed by atoms with E-state index in [0.717, 1.165) is 37.6 Å². The van der Waals surface area contributed by atoms with Gasteiger partial charge in [0.15, 0.2) is 0 Å². The first-order chi connectivity index (χ1) is 9.69. The maximum absolute atomic E-state index is 10.1. The van der Waals surface area contributed by atoms with Crippen LogP contribution in [0, 0.1) is 18.3 Å². The van der Waals surface area contributed by atoms with Crippen molar-refractivity contribution in [1.82, 2.24) is 4.90 Å². The Bertz CT molecular complexity index is 478. The molecule has 5 nitrogen and oxygen atoms in total. The molecule has 1 aliphatic heterocycles. The van der Waals surface area contributed by atoms with Gasteiger partial charge in [0.05, 0.1) is 31.0 Å². The summed E-state index contributed by atoms with van der Waals surface area (Å²) in [6.07, 6.45) is -0.432. The fraction of sp³-hybridized carbons (Fsp3) is 0.533. The summed E-state index contributed by atoms with van der Waals surface area (Å²) in [5.41, 5.74) is 2.61. The Morgan fingerprint density at radius 1 is 1.45 bits per heavy atom. The van der Waals surface area contributed by atoms with E-state index in [4.69, 9.17) is 10.00 Å². The summed E-state index contributed by atoms with van der Waals surface area (Å²) in [7, 11) is 0. The number of aryl methyl sites for hydroxylation is 1. The molecule has 2 N–H and O–H groups in total. The van der Waals surface area contributed by atoms with Gasteiger partial charge in [-0.25, -0.2) is 0 Å². The van der Waals surface area contributed by atoms with Crippen LogP contribution in [0.4, 0.5) is 5.69 Å². The second kappa shape index (κ2) is 7.25. The summed E-state index contributed by atoms with van der Waals surface area (Å²) in [6.45, 7) is 6.34. The lowest BCUT2D eigenvalue weighted by atomic mass is 10.1. The van der Waals surface area contributed by atoms with Crippen molar-refractivity contribution in [1.29, 1.82) is 5.26 Å². The second-order valence-corrected chi connectivity index (χ2v) is 5.09. The fourth-order valence-corrected chi connectivity index (χ4v) is 2.26. The topological polar surface area (TPSA) is 68.5 Å². The van der Waals surface area contributed by atoms with E-state index >= 15 is 0 Å². The number of ether oxygens (including phenoxy) is 1. The molecule has 108 valence electrons. The molecule has 1 aliphatic rings. The minimum Gasteiger partial charge on any atom is -0.390 e. The lowest BCUT2D eigenvalue weighted by molar-refractivity contribution is 0.0171. The molecule has 0 aromatic heterocycles. The zero-order valence-corrected chi connectivity index (χ0v) is 11.8. The summed E-state index contributed by atoms with van der Waals surface area (Å²) < 4.78 is 5.28. The van der Waals surface area contributed by atoms with Crippen molar-refractivity contribution >= 4 is 5.69 Å². The monoisotopic (exact) mass is 275 g/mol. The Balaban J connectivity index is 1.83. The third-order valence-corrected chi connectivity index (χ3v) is 3.47. The van der Waals surface area contributed by atoms with Gasteiger partial charge in [0, 0.05) is 31.9 Å². The smallest absolute Gasteiger partial charge is 0.0992 e. The maximum atomic E-state index is 10.1. The summed E-state index contributed by atoms with van der Waals surface area (Å²) in [5, 5.41) is 22.2. The van der Waals surface area contributed by atoms with Crippen LogP contribution in [0.5, 0.6) is 0 Å². The van der Waals surface area contributed by atoms with Gasteiger partial charge in [-0.2, -0.15) is 5.26 Å². The van der Waals surface area contributed by atoms with Gasteiger partial charge >= 0.3 is 0 Å². The highest BCUT2D eigenvalue weighted by molar-refractivity contribution is 5.55. The number of hydrogen-bond donors (Lipinski definition) is 2. The third-order valence-electron chi connectivity index (χ3n) is 3.47. The first-order valence-corrected chi connectivity index (χ1v) is 6.92. The van der Waals surface area contributed by atoms with Crippen LogP contribution in [-0.4, -0.2) is 55.5 Å². The summed E-state index contributed by atoms with van der Waals surface area (Å²) >= 11 is 0. The molecule has 1 aromatic rings. The molecule has 1 unspecified atom stereocenters. The lowest BCUT2D eigenvalue weighted by Crippen LogP contribution is -2.42. The van der Waals surface area contributed by atoms with Gasteiger partial charge in [0.2, 0.25) is 0 Å². The number of benzene rings is 1. The number of aliphatic hydroxyl groups is 1. The van der Waals surface area contributed by atoms with Crippen LogP contribution >= 0.6 is 0 Å². The van der Waals surface area contributed by atoms with E-state index in [1.54, 1.807) is 6.07 Å². The van der Waals surface area contributed by atoms with E-state index in [0.29, 0.717) is 18.7 Å². The molecule has 1 fully saturated rings. The van der Waals surface area contributed by atoms with Gasteiger partial charge in [-0.1, -0.05) is 6.07 Å². The van der Waals surface area contributed by atoms with Crippen molar-refractivity contribution in [3.8, 4) is 6.07 Å². The zero-order valence-electron chi connectivity index (χ0n) is 11.8. The maximum Gasteiger partial charge on any atom is 0.0992 e. The van der Waals surface area contributed by atoms with Crippen LogP contribution in [0.25, 0.3) is 0 Å². The van der Waals surface area contributed by atoms with E-state index in [1.165, 1.54) is 0 Å². The van der Waals surface area contributed by atoms with Gasteiger partial charge in [-0.3, -0.25) is 4.90 Å². The van der Waals surface area contributed by atoms with Crippen LogP contribution in [0.3, 0.4) is 0 Å². The van der Waals surface area contributed by atoms with E-state index in [-0.39, 0.29) is 0 Å². The van der Waals surface area contributed by atoms with E-state index < -0.39 is 6.10 Å². The van der Waals surface area contributed by atoms with Crippen LogP contribution in [0.1, 0.15) is 11.1 Å². The average Bonchev–Trinajstić information content (AvgIpc) is 2.47. The largest absolute Gasteiger partial charge is 0.390 e. The summed E-state index contributed by atoms with van der Waals surface area (Å²) in [6, 6.07) is 7.65. The van der Waals surface area contributed by atoms with Crippen LogP contribution in [0.15, 0.2) is 18.2 Å². The van der Waals surface area contributed by atoms with E-state index in [9.17, 15) is 5.11 Å². The fourth-order valence-electron chi connectivity index (χ4n) is 2.26. The third kappa shape index (κ3) is 4.20. The van der Waals surface area contributed by atoms with Gasteiger partial charge in [-0.15, -0.1) is 0 Å². The normalized spacial score (nSPS) is 17.4. The Hall–Kier alpha value is -1.61. The summed E-state index contributed by atoms with van der Waals surface area (Å²) in [4.78, 5) is 2.20. The van der Waals surface area contributed by atoms with Crippen molar-refractivity contribution in [2.75, 3.05) is 44.7 Å². The second-order valence-electron chi connectivity index (χ2n) is 5.09. The molecule has 0 bridgehead atoms. The van der Waals surface area contributed by atoms with E-state index in [1.807, 2.05) is 19.1 Å². The number of anilines is 1. The number of nitrogens with zero attached hydrogens (tertiary/aromatic N) is 2. The van der Waals surface area contributed by atoms with Crippen molar-refractivity contribution in [3.05, 3.63) is 29.3 Å². The first kappa shape index (κ1) is 14.8. The zero-order chi connectivity index (χ0) is 14.4. The molecular formula is C15H21N3O2. The lowest BCUT2D eigenvalue weighted by Gasteiger charge is -2.28. The number of β-amino-alcohol motifs (C(OH)–C–C–N with tert-alkyl or cyclic N) is 1. The van der Waals surface area contributed by atoms with Gasteiger partial charge < -0.3 is 15.2 Å². The highest BCUT2D eigenvalue weighted by atomic mass is 16.5. The standard InChI is InChI=1S/C15H21N3O2/c1-12-2-3-13(9-16)8-15(12)17-10-14(19)11-18-4-6-20-7-5-18/h2-3,8,14,17,19H,4-7,10-11H2,1H3. The predicted molar refractivity (Wildman–Crippen MR) is 77.6 cm³/mol. The highest BCUT2D eigenvalue weighted by Gasteiger charge is 2.14. The Morgan fingerprint density at radius 3 is 2.90 bits per heavy atom. The number of morpholine rings is 1. The predicted octanol–water partition coefficient (Wildman–Crippen LogP) is 0.972. The van der Waals surface area contributed by atoms with Gasteiger partial charge in [-0.05, 0) is 24.6 Å². The SMILES string of the molecule is Cc1ccc(C#N)cc1NCC(O)CN1CCOCC1. The molecule has 0 amide bonds. The quantitative estimate of drug-likeness (QED) is 0.838. The van der Waals surface area contributed by atoms with Crippen molar-refractivity contribution in [2.45, 2.75) is 13.0 Å². The van der Waals surface area contributed by atoms with Gasteiger partial charge in [0.25, 0.3) is 0 Å². The molecule has 0 saturated carbocycles. The van der Waals surface area contributed by atoms with Crippen LogP contribution in [-0.2, 0) is 4.74 Å². The number of nitrogens with one attached hydrogen (secondary N) is 1. The molecule has 0 radical (unpaired) electrons. The number of hydrogen-bond acceptors (Lipinski definition) is 5. The molecule has 0 aliphatic carbocycles. The Morgan fingerprint density at radius 2 is 2.20 bits per heavy atom. The van der Waals surface area contributed by atoms with E-state index in [2.05, 4.69) is 16.3 Å². The molecule has 2 rings (SSSR count). The number of nitriles is 1. The minimum atomic E-state index is -0.432. The van der Waals surface area contributed by atoms with Crippen LogP contribution in [0.2, 0.25) is 0 Å². The van der Waals surface area contributed by atoms with Crippen molar-refractivity contribution in [3.63, 3.8) is 0 Å². The average molecular weight is 275 g/mol. The Kier molecular flexibility index (Phi) is 5.36. The summed E-state index contributed by atoms with van der Waals surface area (Å²) in [5.74, 6) is 0. The van der Waals surface area contributed by atoms with Crippen molar-refractivity contribution < 1.29 is 9.84 Å². The molecule has 5 heteroatoms.